The van der Waals surface area contributed by atoms with E-state index in [4.69, 9.17) is 4.74 Å². The number of hydrogen-bond donors (Lipinski definition) is 3. The molecular weight excluding hydrogens is 322 g/mol. The minimum Gasteiger partial charge on any atom is -0.496 e. The number of aromatic nitrogens is 1. The van der Waals surface area contributed by atoms with Gasteiger partial charge in [0.25, 0.3) is 0 Å². The Morgan fingerprint density at radius 3 is 2.28 bits per heavy atom. The van der Waals surface area contributed by atoms with E-state index in [9.17, 15) is 19.8 Å². The summed E-state index contributed by atoms with van der Waals surface area (Å²) in [5.74, 6) is -4.69. The number of carboxylic acid groups (broad SMARTS) is 2. The molecule has 6 heteroatoms. The Kier molecular flexibility index (Phi) is 4.43. The topological polar surface area (TPSA) is 99.6 Å². The van der Waals surface area contributed by atoms with Crippen molar-refractivity contribution in [2.24, 2.45) is 5.92 Å². The smallest absolute Gasteiger partial charge is 0.318 e. The van der Waals surface area contributed by atoms with Gasteiger partial charge in [0, 0.05) is 23.0 Å². The molecule has 0 fully saturated rings. The van der Waals surface area contributed by atoms with Gasteiger partial charge in [-0.15, -0.1) is 0 Å². The number of hydrogen-bond acceptors (Lipinski definition) is 3. The summed E-state index contributed by atoms with van der Waals surface area (Å²) in [5, 5.41) is 19.8. The molecule has 3 rings (SSSR count). The summed E-state index contributed by atoms with van der Waals surface area (Å²) in [6, 6.07) is 14.2. The van der Waals surface area contributed by atoms with Crippen molar-refractivity contribution >= 4 is 22.8 Å². The van der Waals surface area contributed by atoms with Crippen molar-refractivity contribution < 1.29 is 24.5 Å². The third-order valence-corrected chi connectivity index (χ3v) is 4.28. The lowest BCUT2D eigenvalue weighted by Gasteiger charge is -2.22. The Bertz CT molecular complexity index is 902. The zero-order valence-corrected chi connectivity index (χ0v) is 13.5. The SMILES string of the molecule is COc1cccc2[nH]cc(C(c3ccccc3)C(C(=O)O)C(=O)O)c12. The molecule has 0 saturated heterocycles. The van der Waals surface area contributed by atoms with Crippen LogP contribution in [0.25, 0.3) is 10.9 Å². The lowest BCUT2D eigenvalue weighted by Crippen LogP contribution is -2.30. The van der Waals surface area contributed by atoms with Crippen LogP contribution in [0.4, 0.5) is 0 Å². The maximum atomic E-state index is 11.7. The number of aromatic amines is 1. The van der Waals surface area contributed by atoms with E-state index in [2.05, 4.69) is 4.98 Å². The Labute approximate surface area is 143 Å². The Hall–Kier alpha value is -3.28. The fourth-order valence-corrected chi connectivity index (χ4v) is 3.19. The largest absolute Gasteiger partial charge is 0.496 e. The van der Waals surface area contributed by atoms with E-state index in [1.165, 1.54) is 7.11 Å². The van der Waals surface area contributed by atoms with Crippen molar-refractivity contribution in [2.45, 2.75) is 5.92 Å². The van der Waals surface area contributed by atoms with Gasteiger partial charge in [-0.25, -0.2) is 0 Å². The molecule has 0 radical (unpaired) electrons. The zero-order valence-electron chi connectivity index (χ0n) is 13.5. The van der Waals surface area contributed by atoms with Gasteiger partial charge in [0.15, 0.2) is 5.92 Å². The average molecular weight is 339 g/mol. The van der Waals surface area contributed by atoms with E-state index >= 15 is 0 Å². The number of methoxy groups -OCH3 is 1. The summed E-state index contributed by atoms with van der Waals surface area (Å²) in [5.41, 5.74) is 1.95. The van der Waals surface area contributed by atoms with Crippen molar-refractivity contribution in [1.29, 1.82) is 0 Å². The summed E-state index contributed by atoms with van der Waals surface area (Å²) in [6.07, 6.45) is 1.66. The Balaban J connectivity index is 2.29. The Morgan fingerprint density at radius 1 is 1.00 bits per heavy atom. The van der Waals surface area contributed by atoms with Crippen LogP contribution in [0, 0.1) is 5.92 Å². The molecule has 1 aromatic heterocycles. The molecule has 0 saturated carbocycles. The van der Waals surface area contributed by atoms with Crippen molar-refractivity contribution in [3.8, 4) is 5.75 Å². The lowest BCUT2D eigenvalue weighted by molar-refractivity contribution is -0.155. The predicted octanol–water partition coefficient (Wildman–Crippen LogP) is 3.09. The number of carboxylic acids is 2. The molecule has 3 aromatic rings. The van der Waals surface area contributed by atoms with E-state index in [0.29, 0.717) is 22.3 Å². The first kappa shape index (κ1) is 16.6. The number of benzene rings is 2. The number of nitrogens with one attached hydrogen (secondary N) is 1. The van der Waals surface area contributed by atoms with E-state index in [-0.39, 0.29) is 0 Å². The molecule has 128 valence electrons. The number of aliphatic carboxylic acids is 2. The van der Waals surface area contributed by atoms with Crippen LogP contribution in [0.3, 0.4) is 0 Å². The molecule has 0 spiro atoms. The second-order valence-corrected chi connectivity index (χ2v) is 5.67. The molecule has 2 aromatic carbocycles. The quantitative estimate of drug-likeness (QED) is 0.599. The molecule has 0 bridgehead atoms. The predicted molar refractivity (Wildman–Crippen MR) is 91.9 cm³/mol. The maximum absolute atomic E-state index is 11.7. The van der Waals surface area contributed by atoms with Crippen molar-refractivity contribution in [2.75, 3.05) is 7.11 Å². The van der Waals surface area contributed by atoms with Crippen LogP contribution in [0.1, 0.15) is 17.0 Å². The molecule has 6 nitrogen and oxygen atoms in total. The summed E-state index contributed by atoms with van der Waals surface area (Å²) in [6.45, 7) is 0. The summed E-state index contributed by atoms with van der Waals surface area (Å²) in [7, 11) is 1.52. The number of rotatable bonds is 6. The first-order valence-electron chi connectivity index (χ1n) is 7.69. The third-order valence-electron chi connectivity index (χ3n) is 4.28. The van der Waals surface area contributed by atoms with Crippen LogP contribution in [0.2, 0.25) is 0 Å². The molecule has 0 aliphatic heterocycles. The van der Waals surface area contributed by atoms with Crippen LogP contribution in [0.5, 0.6) is 5.75 Å². The van der Waals surface area contributed by atoms with Crippen molar-refractivity contribution in [3.05, 3.63) is 65.9 Å². The molecule has 0 aliphatic carbocycles. The first-order valence-corrected chi connectivity index (χ1v) is 7.69. The minimum absolute atomic E-state index is 0.559. The molecule has 1 heterocycles. The fourth-order valence-electron chi connectivity index (χ4n) is 3.19. The standard InChI is InChI=1S/C19H17NO5/c1-25-14-9-5-8-13-16(14)12(10-20-13)15(11-6-3-2-4-7-11)17(18(21)22)19(23)24/h2-10,15,17,20H,1H3,(H,21,22)(H,23,24). The highest BCUT2D eigenvalue weighted by molar-refractivity contribution is 5.97. The van der Waals surface area contributed by atoms with Gasteiger partial charge in [0.1, 0.15) is 5.75 Å². The summed E-state index contributed by atoms with van der Waals surface area (Å²) in [4.78, 5) is 26.5. The van der Waals surface area contributed by atoms with Crippen LogP contribution < -0.4 is 4.74 Å². The van der Waals surface area contributed by atoms with E-state index < -0.39 is 23.8 Å². The lowest BCUT2D eigenvalue weighted by atomic mass is 9.80. The van der Waals surface area contributed by atoms with E-state index in [1.54, 1.807) is 42.6 Å². The van der Waals surface area contributed by atoms with Crippen LogP contribution in [-0.4, -0.2) is 34.2 Å². The normalized spacial score (nSPS) is 12.2. The number of ether oxygens (including phenoxy) is 1. The van der Waals surface area contributed by atoms with Gasteiger partial charge in [-0.05, 0) is 23.3 Å². The van der Waals surface area contributed by atoms with E-state index in [0.717, 1.165) is 5.52 Å². The van der Waals surface area contributed by atoms with Gasteiger partial charge in [0.05, 0.1) is 7.11 Å². The van der Waals surface area contributed by atoms with Crippen molar-refractivity contribution in [3.63, 3.8) is 0 Å². The second-order valence-electron chi connectivity index (χ2n) is 5.67. The minimum atomic E-state index is -1.62. The highest BCUT2D eigenvalue weighted by Crippen LogP contribution is 2.40. The average Bonchev–Trinajstić information content (AvgIpc) is 3.03. The highest BCUT2D eigenvalue weighted by atomic mass is 16.5. The Morgan fingerprint density at radius 2 is 1.68 bits per heavy atom. The summed E-state index contributed by atoms with van der Waals surface area (Å²) < 4.78 is 5.40. The molecular formula is C19H17NO5. The molecule has 3 N–H and O–H groups in total. The van der Waals surface area contributed by atoms with Gasteiger partial charge < -0.3 is 19.9 Å². The third kappa shape index (κ3) is 2.94. The van der Waals surface area contributed by atoms with Gasteiger partial charge in [-0.3, -0.25) is 9.59 Å². The monoisotopic (exact) mass is 339 g/mol. The van der Waals surface area contributed by atoms with E-state index in [1.807, 2.05) is 12.1 Å². The van der Waals surface area contributed by atoms with Gasteiger partial charge >= 0.3 is 11.9 Å². The molecule has 1 unspecified atom stereocenters. The second kappa shape index (κ2) is 6.68. The highest BCUT2D eigenvalue weighted by Gasteiger charge is 2.38. The van der Waals surface area contributed by atoms with Gasteiger partial charge in [-0.2, -0.15) is 0 Å². The van der Waals surface area contributed by atoms with Crippen LogP contribution >= 0.6 is 0 Å². The molecule has 0 aliphatic rings. The molecule has 25 heavy (non-hydrogen) atoms. The van der Waals surface area contributed by atoms with Gasteiger partial charge in [0.2, 0.25) is 0 Å². The molecule has 1 atom stereocenters. The zero-order chi connectivity index (χ0) is 18.0. The molecule has 0 amide bonds. The number of H-pyrrole nitrogens is 1. The van der Waals surface area contributed by atoms with Crippen molar-refractivity contribution in [1.82, 2.24) is 4.98 Å². The number of carbonyl (C=O) groups is 2. The van der Waals surface area contributed by atoms with Crippen LogP contribution in [-0.2, 0) is 9.59 Å². The van der Waals surface area contributed by atoms with Gasteiger partial charge in [-0.1, -0.05) is 36.4 Å². The fraction of sp³-hybridized carbons (Fsp3) is 0.158. The first-order chi connectivity index (χ1) is 12.0. The summed E-state index contributed by atoms with van der Waals surface area (Å²) >= 11 is 0. The number of fused-ring (bicyclic) bond motifs is 1. The van der Waals surface area contributed by atoms with Crippen LogP contribution in [0.15, 0.2) is 54.7 Å². The maximum Gasteiger partial charge on any atom is 0.318 e.